The minimum atomic E-state index is -0.424. The standard InChI is InChI=1S/C13H26N2O3/c1-6-11(17-5)14-7-9-15(10-8-14)12(16)18-13(2,3)4/h11H,6-10H2,1-5H3. The van der Waals surface area contributed by atoms with Crippen LogP contribution in [0.3, 0.4) is 0 Å². The summed E-state index contributed by atoms with van der Waals surface area (Å²) in [5.41, 5.74) is -0.424. The molecule has 0 saturated carbocycles. The molecule has 1 unspecified atom stereocenters. The summed E-state index contributed by atoms with van der Waals surface area (Å²) in [6, 6.07) is 0. The predicted octanol–water partition coefficient (Wildman–Crippen LogP) is 1.92. The quantitative estimate of drug-likeness (QED) is 0.775. The molecular weight excluding hydrogens is 232 g/mol. The van der Waals surface area contributed by atoms with Gasteiger partial charge in [-0.2, -0.15) is 0 Å². The third-order valence-electron chi connectivity index (χ3n) is 2.99. The topological polar surface area (TPSA) is 42.0 Å². The average Bonchev–Trinajstić information content (AvgIpc) is 2.29. The fourth-order valence-corrected chi connectivity index (χ4v) is 2.09. The van der Waals surface area contributed by atoms with Crippen LogP contribution in [0.15, 0.2) is 0 Å². The summed E-state index contributed by atoms with van der Waals surface area (Å²) in [6.45, 7) is 10.9. The summed E-state index contributed by atoms with van der Waals surface area (Å²) < 4.78 is 10.8. The van der Waals surface area contributed by atoms with Crippen molar-refractivity contribution in [3.63, 3.8) is 0 Å². The zero-order valence-electron chi connectivity index (χ0n) is 12.2. The van der Waals surface area contributed by atoms with E-state index in [0.29, 0.717) is 13.1 Å². The third kappa shape index (κ3) is 4.46. The molecule has 5 heteroatoms. The third-order valence-corrected chi connectivity index (χ3v) is 2.99. The van der Waals surface area contributed by atoms with Crippen LogP contribution in [0.2, 0.25) is 0 Å². The number of hydrogen-bond donors (Lipinski definition) is 0. The molecule has 1 aliphatic rings. The molecule has 1 heterocycles. The number of rotatable bonds is 3. The highest BCUT2D eigenvalue weighted by atomic mass is 16.6. The Morgan fingerprint density at radius 1 is 1.22 bits per heavy atom. The lowest BCUT2D eigenvalue weighted by Crippen LogP contribution is -2.53. The van der Waals surface area contributed by atoms with Gasteiger partial charge in [-0.25, -0.2) is 4.79 Å². The fourth-order valence-electron chi connectivity index (χ4n) is 2.09. The molecule has 0 aromatic rings. The molecule has 1 amide bonds. The highest BCUT2D eigenvalue weighted by Gasteiger charge is 2.28. The Balaban J connectivity index is 2.41. The van der Waals surface area contributed by atoms with Gasteiger partial charge in [-0.1, -0.05) is 6.92 Å². The highest BCUT2D eigenvalue weighted by Crippen LogP contribution is 2.14. The van der Waals surface area contributed by atoms with Gasteiger partial charge in [0.2, 0.25) is 0 Å². The lowest BCUT2D eigenvalue weighted by atomic mass is 10.2. The first-order valence-electron chi connectivity index (χ1n) is 6.62. The Bertz CT molecular complexity index is 264. The van der Waals surface area contributed by atoms with E-state index in [1.807, 2.05) is 20.8 Å². The molecule has 0 spiro atoms. The number of piperazine rings is 1. The Hall–Kier alpha value is -0.810. The van der Waals surface area contributed by atoms with Crippen molar-refractivity contribution in [3.05, 3.63) is 0 Å². The van der Waals surface area contributed by atoms with Crippen LogP contribution < -0.4 is 0 Å². The van der Waals surface area contributed by atoms with Crippen LogP contribution in [0.25, 0.3) is 0 Å². The van der Waals surface area contributed by atoms with Gasteiger partial charge in [0.15, 0.2) is 0 Å². The summed E-state index contributed by atoms with van der Waals surface area (Å²) in [7, 11) is 1.73. The minimum Gasteiger partial charge on any atom is -0.444 e. The normalized spacial score (nSPS) is 19.7. The van der Waals surface area contributed by atoms with E-state index in [9.17, 15) is 4.79 Å². The van der Waals surface area contributed by atoms with Gasteiger partial charge >= 0.3 is 6.09 Å². The molecule has 1 fully saturated rings. The van der Waals surface area contributed by atoms with Crippen molar-refractivity contribution in [2.45, 2.75) is 45.9 Å². The van der Waals surface area contributed by atoms with Gasteiger partial charge in [-0.3, -0.25) is 4.90 Å². The number of amides is 1. The molecule has 1 saturated heterocycles. The van der Waals surface area contributed by atoms with Crippen molar-refractivity contribution in [2.24, 2.45) is 0 Å². The second-order valence-electron chi connectivity index (χ2n) is 5.60. The summed E-state index contributed by atoms with van der Waals surface area (Å²) in [4.78, 5) is 15.9. The zero-order valence-corrected chi connectivity index (χ0v) is 12.2. The smallest absolute Gasteiger partial charge is 0.410 e. The number of methoxy groups -OCH3 is 1. The van der Waals surface area contributed by atoms with Crippen LogP contribution in [-0.2, 0) is 9.47 Å². The highest BCUT2D eigenvalue weighted by molar-refractivity contribution is 5.68. The molecule has 106 valence electrons. The molecule has 18 heavy (non-hydrogen) atoms. The Morgan fingerprint density at radius 2 is 1.78 bits per heavy atom. The molecule has 0 N–H and O–H groups in total. The van der Waals surface area contributed by atoms with Crippen molar-refractivity contribution in [1.82, 2.24) is 9.80 Å². The van der Waals surface area contributed by atoms with Crippen LogP contribution in [0.5, 0.6) is 0 Å². The predicted molar refractivity (Wildman–Crippen MR) is 70.5 cm³/mol. The summed E-state index contributed by atoms with van der Waals surface area (Å²) >= 11 is 0. The van der Waals surface area contributed by atoms with Crippen molar-refractivity contribution < 1.29 is 14.3 Å². The second-order valence-corrected chi connectivity index (χ2v) is 5.60. The van der Waals surface area contributed by atoms with Gasteiger partial charge in [-0.15, -0.1) is 0 Å². The molecule has 1 atom stereocenters. The van der Waals surface area contributed by atoms with Crippen LogP contribution >= 0.6 is 0 Å². The summed E-state index contributed by atoms with van der Waals surface area (Å²) in [5, 5.41) is 0. The first-order valence-corrected chi connectivity index (χ1v) is 6.62. The number of hydrogen-bond acceptors (Lipinski definition) is 4. The Labute approximate surface area is 110 Å². The number of ether oxygens (including phenoxy) is 2. The van der Waals surface area contributed by atoms with Gasteiger partial charge in [0.25, 0.3) is 0 Å². The molecule has 0 radical (unpaired) electrons. The number of carbonyl (C=O) groups excluding carboxylic acids is 1. The summed E-state index contributed by atoms with van der Waals surface area (Å²) in [6.07, 6.45) is 0.904. The molecule has 0 aromatic carbocycles. The van der Waals surface area contributed by atoms with Gasteiger partial charge in [-0.05, 0) is 27.2 Å². The Kier molecular flexibility index (Phi) is 5.41. The SMILES string of the molecule is CCC(OC)N1CCN(C(=O)OC(C)(C)C)CC1. The van der Waals surface area contributed by atoms with E-state index in [1.54, 1.807) is 12.0 Å². The lowest BCUT2D eigenvalue weighted by molar-refractivity contribution is -0.0578. The average molecular weight is 258 g/mol. The maximum absolute atomic E-state index is 11.9. The second kappa shape index (κ2) is 6.38. The molecule has 1 rings (SSSR count). The van der Waals surface area contributed by atoms with Crippen molar-refractivity contribution >= 4 is 6.09 Å². The van der Waals surface area contributed by atoms with Crippen LogP contribution in [0.1, 0.15) is 34.1 Å². The first kappa shape index (κ1) is 15.2. The summed E-state index contributed by atoms with van der Waals surface area (Å²) in [5.74, 6) is 0. The molecular formula is C13H26N2O3. The molecule has 1 aliphatic heterocycles. The molecule has 5 nitrogen and oxygen atoms in total. The number of nitrogens with zero attached hydrogens (tertiary/aromatic N) is 2. The maximum atomic E-state index is 11.9. The van der Waals surface area contributed by atoms with Crippen LogP contribution in [-0.4, -0.2) is 61.0 Å². The van der Waals surface area contributed by atoms with E-state index < -0.39 is 5.60 Å². The molecule has 0 aromatic heterocycles. The lowest BCUT2D eigenvalue weighted by Gasteiger charge is -2.38. The van der Waals surface area contributed by atoms with E-state index in [1.165, 1.54) is 0 Å². The van der Waals surface area contributed by atoms with Crippen LogP contribution in [0.4, 0.5) is 4.79 Å². The van der Waals surface area contributed by atoms with E-state index in [-0.39, 0.29) is 12.3 Å². The van der Waals surface area contributed by atoms with Gasteiger partial charge in [0.1, 0.15) is 11.8 Å². The van der Waals surface area contributed by atoms with Crippen molar-refractivity contribution in [3.8, 4) is 0 Å². The van der Waals surface area contributed by atoms with Crippen LogP contribution in [0, 0.1) is 0 Å². The van der Waals surface area contributed by atoms with Gasteiger partial charge < -0.3 is 14.4 Å². The Morgan fingerprint density at radius 3 is 2.17 bits per heavy atom. The van der Waals surface area contributed by atoms with E-state index in [2.05, 4.69) is 11.8 Å². The minimum absolute atomic E-state index is 0.158. The number of carbonyl (C=O) groups is 1. The monoisotopic (exact) mass is 258 g/mol. The van der Waals surface area contributed by atoms with Gasteiger partial charge in [0.05, 0.1) is 0 Å². The van der Waals surface area contributed by atoms with Crippen molar-refractivity contribution in [1.29, 1.82) is 0 Å². The first-order chi connectivity index (χ1) is 8.37. The van der Waals surface area contributed by atoms with E-state index in [4.69, 9.17) is 9.47 Å². The molecule has 0 bridgehead atoms. The van der Waals surface area contributed by atoms with Crippen molar-refractivity contribution in [2.75, 3.05) is 33.3 Å². The molecule has 0 aliphatic carbocycles. The fraction of sp³-hybridized carbons (Fsp3) is 0.923. The van der Waals surface area contributed by atoms with Gasteiger partial charge in [0, 0.05) is 33.3 Å². The maximum Gasteiger partial charge on any atom is 0.410 e. The largest absolute Gasteiger partial charge is 0.444 e. The zero-order chi connectivity index (χ0) is 13.8. The van der Waals surface area contributed by atoms with E-state index in [0.717, 1.165) is 19.5 Å². The van der Waals surface area contributed by atoms with E-state index >= 15 is 0 Å².